The molecule has 1 aromatic carbocycles. The lowest BCUT2D eigenvalue weighted by atomic mass is 9.83. The third-order valence-corrected chi connectivity index (χ3v) is 6.16. The number of Topliss-reactive ketones (excluding diaryl/α,β-unsaturated/α-hetero) is 1. The zero-order chi connectivity index (χ0) is 26.6. The summed E-state index contributed by atoms with van der Waals surface area (Å²) in [5, 5.41) is 19.4. The average Bonchev–Trinajstić information content (AvgIpc) is 3.28. The van der Waals surface area contributed by atoms with E-state index in [0.717, 1.165) is 18.2 Å². The van der Waals surface area contributed by atoms with Crippen molar-refractivity contribution in [3.05, 3.63) is 48.4 Å². The van der Waals surface area contributed by atoms with Gasteiger partial charge >= 0.3 is 6.18 Å². The molecule has 0 saturated heterocycles. The number of aliphatic hydroxyl groups excluding tert-OH is 1. The molecule has 13 heteroatoms. The monoisotopic (exact) mass is 524 g/mol. The second-order valence-corrected chi connectivity index (χ2v) is 8.94. The number of hydrogen-bond donors (Lipinski definition) is 3. The van der Waals surface area contributed by atoms with Crippen LogP contribution in [0.5, 0.6) is 0 Å². The highest BCUT2D eigenvalue weighted by molar-refractivity contribution is 5.84. The molecule has 2 aromatic heterocycles. The third-order valence-electron chi connectivity index (χ3n) is 6.16. The second-order valence-electron chi connectivity index (χ2n) is 8.94. The summed E-state index contributed by atoms with van der Waals surface area (Å²) >= 11 is 0. The van der Waals surface area contributed by atoms with Gasteiger partial charge in [0.2, 0.25) is 11.7 Å². The number of halogens is 5. The van der Waals surface area contributed by atoms with Crippen LogP contribution in [0.3, 0.4) is 0 Å². The molecule has 4 rings (SSSR count). The standard InChI is InChI=1S/C24H25F5N6O2/c25-16-8-17(26)10-19(9-16)33-23-30-12-20(15-11-31-35(13-15)5-6-36)22(34-23)32-18-3-1-14(2-4-18)7-21(37)24(27,28)29/h8-14,18,36H,1-7H2,(H2,30,32,33,34). The minimum absolute atomic E-state index is 0.0726. The Hall–Kier alpha value is -3.61. The van der Waals surface area contributed by atoms with Crippen molar-refractivity contribution >= 4 is 23.2 Å². The van der Waals surface area contributed by atoms with Gasteiger partial charge in [-0.05, 0) is 43.7 Å². The van der Waals surface area contributed by atoms with Gasteiger partial charge in [-0.2, -0.15) is 23.3 Å². The Morgan fingerprint density at radius 1 is 1.08 bits per heavy atom. The Morgan fingerprint density at radius 2 is 1.78 bits per heavy atom. The van der Waals surface area contributed by atoms with Crippen LogP contribution in [0.25, 0.3) is 11.1 Å². The van der Waals surface area contributed by atoms with Crippen molar-refractivity contribution in [3.8, 4) is 11.1 Å². The van der Waals surface area contributed by atoms with Gasteiger partial charge in [-0.3, -0.25) is 9.48 Å². The summed E-state index contributed by atoms with van der Waals surface area (Å²) in [4.78, 5) is 20.1. The van der Waals surface area contributed by atoms with Crippen molar-refractivity contribution in [2.45, 2.75) is 50.9 Å². The van der Waals surface area contributed by atoms with Crippen LogP contribution in [0.4, 0.5) is 39.4 Å². The molecular weight excluding hydrogens is 499 g/mol. The maximum atomic E-state index is 13.6. The minimum Gasteiger partial charge on any atom is -0.394 e. The van der Waals surface area contributed by atoms with Crippen molar-refractivity contribution < 1.29 is 31.9 Å². The third kappa shape index (κ3) is 7.00. The number of anilines is 3. The summed E-state index contributed by atoms with van der Waals surface area (Å²) < 4.78 is 66.6. The van der Waals surface area contributed by atoms with Crippen molar-refractivity contribution in [2.75, 3.05) is 17.2 Å². The lowest BCUT2D eigenvalue weighted by Gasteiger charge is -2.29. The summed E-state index contributed by atoms with van der Waals surface area (Å²) in [5.41, 5.74) is 1.35. The molecule has 0 bridgehead atoms. The Kier molecular flexibility index (Phi) is 8.00. The molecule has 0 aliphatic heterocycles. The Morgan fingerprint density at radius 3 is 2.43 bits per heavy atom. The molecule has 1 saturated carbocycles. The SMILES string of the molecule is O=C(CC1CCC(Nc2nc(Nc3cc(F)cc(F)c3)ncc2-c2cnn(CCO)c2)CC1)C(F)(F)F. The van der Waals surface area contributed by atoms with E-state index >= 15 is 0 Å². The van der Waals surface area contributed by atoms with E-state index in [-0.39, 0.29) is 36.7 Å². The highest BCUT2D eigenvalue weighted by atomic mass is 19.4. The molecule has 37 heavy (non-hydrogen) atoms. The van der Waals surface area contributed by atoms with Gasteiger partial charge in [0.05, 0.1) is 19.3 Å². The molecule has 3 N–H and O–H groups in total. The Labute approximate surface area is 208 Å². The van der Waals surface area contributed by atoms with Crippen LogP contribution in [-0.2, 0) is 11.3 Å². The zero-order valence-electron chi connectivity index (χ0n) is 19.6. The highest BCUT2D eigenvalue weighted by Crippen LogP contribution is 2.34. The maximum Gasteiger partial charge on any atom is 0.449 e. The van der Waals surface area contributed by atoms with E-state index in [9.17, 15) is 26.7 Å². The summed E-state index contributed by atoms with van der Waals surface area (Å²) in [6.07, 6.45) is 1.41. The van der Waals surface area contributed by atoms with E-state index in [0.29, 0.717) is 42.6 Å². The van der Waals surface area contributed by atoms with Gasteiger partial charge in [0.15, 0.2) is 0 Å². The molecule has 0 radical (unpaired) electrons. The molecule has 0 unspecified atom stereocenters. The molecule has 1 aliphatic carbocycles. The smallest absolute Gasteiger partial charge is 0.394 e. The van der Waals surface area contributed by atoms with Gasteiger partial charge in [0.25, 0.3) is 0 Å². The Bertz CT molecular complexity index is 1220. The van der Waals surface area contributed by atoms with Gasteiger partial charge in [-0.25, -0.2) is 13.8 Å². The molecular formula is C24H25F5N6O2. The first-order valence-electron chi connectivity index (χ1n) is 11.7. The second kappa shape index (κ2) is 11.2. The van der Waals surface area contributed by atoms with Crippen LogP contribution in [0.1, 0.15) is 32.1 Å². The number of nitrogens with one attached hydrogen (secondary N) is 2. The number of hydrogen-bond acceptors (Lipinski definition) is 7. The summed E-state index contributed by atoms with van der Waals surface area (Å²) in [6.45, 7) is 0.185. The molecule has 0 amide bonds. The number of aliphatic hydroxyl groups is 1. The quantitative estimate of drug-likeness (QED) is 0.344. The van der Waals surface area contributed by atoms with Crippen LogP contribution in [0, 0.1) is 17.6 Å². The van der Waals surface area contributed by atoms with E-state index in [4.69, 9.17) is 5.11 Å². The minimum atomic E-state index is -4.82. The van der Waals surface area contributed by atoms with E-state index < -0.39 is 30.0 Å². The van der Waals surface area contributed by atoms with Crippen molar-refractivity contribution in [1.29, 1.82) is 0 Å². The molecule has 198 valence electrons. The maximum absolute atomic E-state index is 13.6. The van der Waals surface area contributed by atoms with Gasteiger partial charge in [0.1, 0.15) is 17.5 Å². The van der Waals surface area contributed by atoms with Gasteiger partial charge < -0.3 is 15.7 Å². The van der Waals surface area contributed by atoms with Crippen molar-refractivity contribution in [1.82, 2.24) is 19.7 Å². The number of benzene rings is 1. The topological polar surface area (TPSA) is 105 Å². The average molecular weight is 524 g/mol. The van der Waals surface area contributed by atoms with E-state index in [1.165, 1.54) is 6.20 Å². The summed E-state index contributed by atoms with van der Waals surface area (Å²) in [6, 6.07) is 2.80. The van der Waals surface area contributed by atoms with Crippen molar-refractivity contribution in [3.63, 3.8) is 0 Å². The zero-order valence-corrected chi connectivity index (χ0v) is 19.6. The molecule has 0 spiro atoms. The first kappa shape index (κ1) is 26.5. The number of aromatic nitrogens is 4. The van der Waals surface area contributed by atoms with Crippen molar-refractivity contribution in [2.24, 2.45) is 5.92 Å². The van der Waals surface area contributed by atoms with E-state index in [2.05, 4.69) is 25.7 Å². The van der Waals surface area contributed by atoms with Crippen LogP contribution < -0.4 is 10.6 Å². The first-order chi connectivity index (χ1) is 17.6. The molecule has 0 atom stereocenters. The molecule has 3 aromatic rings. The fourth-order valence-corrected chi connectivity index (χ4v) is 4.33. The largest absolute Gasteiger partial charge is 0.449 e. The molecule has 8 nitrogen and oxygen atoms in total. The number of nitrogens with zero attached hydrogens (tertiary/aromatic N) is 4. The number of rotatable bonds is 9. The fourth-order valence-electron chi connectivity index (χ4n) is 4.33. The van der Waals surface area contributed by atoms with Crippen LogP contribution in [0.2, 0.25) is 0 Å². The van der Waals surface area contributed by atoms with E-state index in [1.807, 2.05) is 0 Å². The summed E-state index contributed by atoms with van der Waals surface area (Å²) in [5.74, 6) is -3.11. The van der Waals surface area contributed by atoms with Gasteiger partial charge in [0, 0.05) is 47.7 Å². The number of carbonyl (C=O) groups is 1. The van der Waals surface area contributed by atoms with Gasteiger partial charge in [-0.15, -0.1) is 0 Å². The van der Waals surface area contributed by atoms with Crippen LogP contribution in [0.15, 0.2) is 36.8 Å². The Balaban J connectivity index is 1.53. The number of alkyl halides is 3. The molecule has 1 aliphatic rings. The van der Waals surface area contributed by atoms with Crippen LogP contribution >= 0.6 is 0 Å². The number of ketones is 1. The predicted molar refractivity (Wildman–Crippen MR) is 125 cm³/mol. The van der Waals surface area contributed by atoms with E-state index in [1.54, 1.807) is 17.1 Å². The normalized spacial score (nSPS) is 18.0. The lowest BCUT2D eigenvalue weighted by Crippen LogP contribution is -2.30. The fraction of sp³-hybridized carbons (Fsp3) is 0.417. The molecule has 2 heterocycles. The highest BCUT2D eigenvalue weighted by Gasteiger charge is 2.39. The lowest BCUT2D eigenvalue weighted by molar-refractivity contribution is -0.172. The first-order valence-corrected chi connectivity index (χ1v) is 11.7. The predicted octanol–water partition coefficient (Wildman–Crippen LogP) is 4.85. The number of carbonyl (C=O) groups excluding carboxylic acids is 1. The molecule has 1 fully saturated rings. The summed E-state index contributed by atoms with van der Waals surface area (Å²) in [7, 11) is 0. The van der Waals surface area contributed by atoms with Gasteiger partial charge in [-0.1, -0.05) is 0 Å². The van der Waals surface area contributed by atoms with Crippen LogP contribution in [-0.4, -0.2) is 49.5 Å².